The maximum atomic E-state index is 13.0. The molecule has 0 spiro atoms. The number of aliphatic hydroxyl groups excluding tert-OH is 1. The van der Waals surface area contributed by atoms with Crippen LogP contribution in [0.25, 0.3) is 22.2 Å². The van der Waals surface area contributed by atoms with Crippen LogP contribution in [0.5, 0.6) is 0 Å². The Kier molecular flexibility index (Phi) is 12.6. The lowest BCUT2D eigenvalue weighted by molar-refractivity contribution is 0.00578. The van der Waals surface area contributed by atoms with Gasteiger partial charge in [0.15, 0.2) is 0 Å². The molecule has 1 amide bonds. The Morgan fingerprint density at radius 3 is 2.29 bits per heavy atom. The first-order chi connectivity index (χ1) is 26.5. The van der Waals surface area contributed by atoms with Gasteiger partial charge in [0.1, 0.15) is 6.61 Å². The van der Waals surface area contributed by atoms with Crippen LogP contribution in [-0.4, -0.2) is 96.6 Å². The van der Waals surface area contributed by atoms with Crippen molar-refractivity contribution in [2.24, 2.45) is 5.41 Å². The molecular formula is C44H61BN4O7. The van der Waals surface area contributed by atoms with Gasteiger partial charge in [0, 0.05) is 62.9 Å². The lowest BCUT2D eigenvalue weighted by Gasteiger charge is -2.35. The van der Waals surface area contributed by atoms with Crippen LogP contribution in [-0.2, 0) is 43.1 Å². The highest BCUT2D eigenvalue weighted by molar-refractivity contribution is 6.62. The number of anilines is 1. The Morgan fingerprint density at radius 2 is 1.66 bits per heavy atom. The average Bonchev–Trinajstić information content (AvgIpc) is 3.59. The minimum atomic E-state index is -0.525. The van der Waals surface area contributed by atoms with Crippen molar-refractivity contribution in [3.8, 4) is 11.3 Å². The topological polar surface area (TPSA) is 108 Å². The van der Waals surface area contributed by atoms with Crippen molar-refractivity contribution in [3.63, 3.8) is 0 Å². The smallest absolute Gasteiger partial charge is 0.445 e. The van der Waals surface area contributed by atoms with E-state index in [1.807, 2.05) is 43.5 Å². The third kappa shape index (κ3) is 8.95. The first-order valence-electron chi connectivity index (χ1n) is 20.0. The number of aliphatic hydroxyl groups is 1. The first-order valence-corrected chi connectivity index (χ1v) is 20.0. The number of amides is 1. The molecule has 1 atom stereocenters. The molecule has 0 radical (unpaired) electrons. The molecule has 2 aromatic heterocycles. The second-order valence-electron chi connectivity index (χ2n) is 17.3. The molecule has 6 rings (SSSR count). The number of ether oxygens (including phenoxy) is 3. The molecule has 4 heterocycles. The summed E-state index contributed by atoms with van der Waals surface area (Å²) in [4.78, 5) is 22.2. The molecule has 302 valence electrons. The van der Waals surface area contributed by atoms with Crippen molar-refractivity contribution in [1.82, 2.24) is 14.5 Å². The van der Waals surface area contributed by atoms with Gasteiger partial charge in [-0.2, -0.15) is 0 Å². The molecule has 0 aliphatic carbocycles. The number of nitrogens with zero attached hydrogens (tertiary/aromatic N) is 4. The molecule has 2 fully saturated rings. The summed E-state index contributed by atoms with van der Waals surface area (Å²) in [6, 6.07) is 18.4. The van der Waals surface area contributed by atoms with E-state index >= 15 is 0 Å². The molecule has 2 aliphatic heterocycles. The zero-order valence-corrected chi connectivity index (χ0v) is 35.1. The molecule has 56 heavy (non-hydrogen) atoms. The van der Waals surface area contributed by atoms with Gasteiger partial charge in [-0.15, -0.1) is 0 Å². The van der Waals surface area contributed by atoms with Crippen LogP contribution < -0.4 is 10.4 Å². The molecule has 2 aliphatic rings. The van der Waals surface area contributed by atoms with Crippen LogP contribution in [0.2, 0.25) is 0 Å². The highest BCUT2D eigenvalue weighted by atomic mass is 16.7. The van der Waals surface area contributed by atoms with Gasteiger partial charge in [0.05, 0.1) is 53.3 Å². The quantitative estimate of drug-likeness (QED) is 0.134. The SMILES string of the molecule is COC(C)c1ncc(N2CCN(C(=O)OCc3ccccc3)CC2)cc1-c1c(CC(C)(C)CO)c2cc(B3OC(C)(C)C(C)(C)O3)ccc2n1CCOC(C)C. The zero-order valence-electron chi connectivity index (χ0n) is 35.1. The van der Waals surface area contributed by atoms with E-state index in [4.69, 9.17) is 28.5 Å². The van der Waals surface area contributed by atoms with E-state index < -0.39 is 23.7 Å². The average molecular weight is 769 g/mol. The summed E-state index contributed by atoms with van der Waals surface area (Å²) in [5, 5.41) is 11.7. The normalized spacial score (nSPS) is 17.6. The number of piperazine rings is 1. The van der Waals surface area contributed by atoms with E-state index in [2.05, 4.69) is 89.1 Å². The van der Waals surface area contributed by atoms with Gasteiger partial charge in [-0.1, -0.05) is 56.3 Å². The molecule has 12 heteroatoms. The molecule has 1 unspecified atom stereocenters. The van der Waals surface area contributed by atoms with Gasteiger partial charge >= 0.3 is 13.2 Å². The van der Waals surface area contributed by atoms with E-state index in [1.54, 1.807) is 12.0 Å². The van der Waals surface area contributed by atoms with Crippen LogP contribution in [0, 0.1) is 5.41 Å². The van der Waals surface area contributed by atoms with Crippen LogP contribution in [0.15, 0.2) is 60.8 Å². The molecule has 0 saturated carbocycles. The van der Waals surface area contributed by atoms with Crippen LogP contribution in [0.1, 0.15) is 85.2 Å². The number of rotatable bonds is 14. The largest absolute Gasteiger partial charge is 0.494 e. The standard InChI is InChI=1S/C44H61BN4O7/c1-30(2)53-23-22-49-38-17-16-33(45-55-43(6,7)44(8,9)56-45)24-35(38)37(26-42(4,5)29-50)40(49)36-25-34(27-46-39(36)31(3)52-10)47-18-20-48(21-19-47)41(51)54-28-32-14-12-11-13-15-32/h11-17,24-25,27,30-31,50H,18-23,26,28-29H2,1-10H3. The van der Waals surface area contributed by atoms with E-state index in [1.165, 1.54) is 0 Å². The van der Waals surface area contributed by atoms with Crippen molar-refractivity contribution in [3.05, 3.63) is 77.6 Å². The fourth-order valence-electron chi connectivity index (χ4n) is 7.42. The molecule has 11 nitrogen and oxygen atoms in total. The van der Waals surface area contributed by atoms with Gasteiger partial charge in [0.25, 0.3) is 0 Å². The predicted molar refractivity (Wildman–Crippen MR) is 222 cm³/mol. The number of pyridine rings is 1. The van der Waals surface area contributed by atoms with Crippen LogP contribution >= 0.6 is 0 Å². The fourth-order valence-corrected chi connectivity index (χ4v) is 7.42. The van der Waals surface area contributed by atoms with Crippen molar-refractivity contribution >= 4 is 35.3 Å². The summed E-state index contributed by atoms with van der Waals surface area (Å²) in [5.41, 5.74) is 6.45. The summed E-state index contributed by atoms with van der Waals surface area (Å²) < 4.78 is 33.2. The maximum Gasteiger partial charge on any atom is 0.494 e. The molecular weight excluding hydrogens is 707 g/mol. The van der Waals surface area contributed by atoms with Crippen molar-refractivity contribution < 1.29 is 33.4 Å². The summed E-state index contributed by atoms with van der Waals surface area (Å²) >= 11 is 0. The number of aromatic nitrogens is 2. The minimum Gasteiger partial charge on any atom is -0.445 e. The number of methoxy groups -OCH3 is 1. The van der Waals surface area contributed by atoms with Crippen molar-refractivity contribution in [1.29, 1.82) is 0 Å². The van der Waals surface area contributed by atoms with Gasteiger partial charge in [-0.3, -0.25) is 4.98 Å². The monoisotopic (exact) mass is 768 g/mol. The van der Waals surface area contributed by atoms with E-state index in [-0.39, 0.29) is 31.5 Å². The van der Waals surface area contributed by atoms with Gasteiger partial charge in [0.2, 0.25) is 0 Å². The summed E-state index contributed by atoms with van der Waals surface area (Å²) in [6.07, 6.45) is 2.00. The Hall–Kier alpha value is -3.94. The van der Waals surface area contributed by atoms with Gasteiger partial charge in [-0.25, -0.2) is 4.79 Å². The van der Waals surface area contributed by atoms with E-state index in [0.29, 0.717) is 45.8 Å². The van der Waals surface area contributed by atoms with Crippen LogP contribution in [0.4, 0.5) is 10.5 Å². The van der Waals surface area contributed by atoms with Gasteiger partial charge < -0.3 is 43.0 Å². The first kappa shape index (κ1) is 41.7. The lowest BCUT2D eigenvalue weighted by Crippen LogP contribution is -2.49. The fraction of sp³-hybridized carbons (Fsp3) is 0.545. The van der Waals surface area contributed by atoms with Gasteiger partial charge in [-0.05, 0) is 89.0 Å². The molecule has 2 saturated heterocycles. The summed E-state index contributed by atoms with van der Waals surface area (Å²) in [6.45, 7) is 22.3. The van der Waals surface area contributed by atoms with Crippen molar-refractivity contribution in [2.45, 2.75) is 105 Å². The highest BCUT2D eigenvalue weighted by Crippen LogP contribution is 2.42. The predicted octanol–water partition coefficient (Wildman–Crippen LogP) is 7.15. The Labute approximate surface area is 333 Å². The second-order valence-corrected chi connectivity index (χ2v) is 17.3. The Bertz CT molecular complexity index is 1950. The molecule has 0 bridgehead atoms. The third-order valence-corrected chi connectivity index (χ3v) is 11.6. The number of carbonyl (C=O) groups is 1. The van der Waals surface area contributed by atoms with E-state index in [9.17, 15) is 9.90 Å². The number of hydrogen-bond acceptors (Lipinski definition) is 9. The molecule has 2 aromatic carbocycles. The van der Waals surface area contributed by atoms with Crippen LogP contribution in [0.3, 0.4) is 0 Å². The number of hydrogen-bond donors (Lipinski definition) is 1. The molecule has 1 N–H and O–H groups in total. The zero-order chi connectivity index (χ0) is 40.4. The Morgan fingerprint density at radius 1 is 0.982 bits per heavy atom. The van der Waals surface area contributed by atoms with E-state index in [0.717, 1.165) is 50.1 Å². The van der Waals surface area contributed by atoms with Crippen molar-refractivity contribution in [2.75, 3.05) is 51.4 Å². The minimum absolute atomic E-state index is 0.0180. The highest BCUT2D eigenvalue weighted by Gasteiger charge is 2.51. The summed E-state index contributed by atoms with van der Waals surface area (Å²) in [7, 11) is 1.18. The number of carbonyl (C=O) groups excluding carboxylic acids is 1. The molecule has 4 aromatic rings. The maximum absolute atomic E-state index is 13.0. The lowest BCUT2D eigenvalue weighted by atomic mass is 9.77. The number of benzene rings is 2. The number of fused-ring (bicyclic) bond motifs is 1. The second kappa shape index (κ2) is 16.9. The Balaban J connectivity index is 1.42. The summed E-state index contributed by atoms with van der Waals surface area (Å²) in [5.74, 6) is 0. The third-order valence-electron chi connectivity index (χ3n) is 11.6.